The number of rotatable bonds is 5. The van der Waals surface area contributed by atoms with Crippen molar-refractivity contribution in [3.8, 4) is 0 Å². The molecule has 0 fully saturated rings. The monoisotopic (exact) mass is 348 g/mol. The summed E-state index contributed by atoms with van der Waals surface area (Å²) in [6.45, 7) is 1.90. The molecule has 3 rings (SSSR count). The van der Waals surface area contributed by atoms with E-state index in [1.165, 1.54) is 10.8 Å². The van der Waals surface area contributed by atoms with Gasteiger partial charge in [-0.15, -0.1) is 5.10 Å². The summed E-state index contributed by atoms with van der Waals surface area (Å²) in [4.78, 5) is 28.1. The van der Waals surface area contributed by atoms with E-state index in [2.05, 4.69) is 10.1 Å². The Balaban J connectivity index is 2.20. The van der Waals surface area contributed by atoms with Gasteiger partial charge in [-0.25, -0.2) is 13.6 Å². The van der Waals surface area contributed by atoms with E-state index < -0.39 is 23.8 Å². The number of carbonyl (C=O) groups excluding carboxylic acids is 1. The Hall–Kier alpha value is -3.10. The van der Waals surface area contributed by atoms with Crippen molar-refractivity contribution in [2.24, 2.45) is 0 Å². The third-order valence-electron chi connectivity index (χ3n) is 3.46. The first-order valence-electron chi connectivity index (χ1n) is 7.50. The normalized spacial score (nSPS) is 11.2. The first-order valence-corrected chi connectivity index (χ1v) is 7.50. The lowest BCUT2D eigenvalue weighted by atomic mass is 10.2. The highest BCUT2D eigenvalue weighted by Crippen LogP contribution is 2.15. The minimum absolute atomic E-state index is 0.0720. The maximum atomic E-state index is 12.9. The summed E-state index contributed by atoms with van der Waals surface area (Å²) < 4.78 is 32.8. The lowest BCUT2D eigenvalue weighted by Crippen LogP contribution is -2.27. The molecule has 25 heavy (non-hydrogen) atoms. The molecule has 0 aliphatic rings. The third kappa shape index (κ3) is 3.25. The molecule has 7 nitrogen and oxygen atoms in total. The maximum absolute atomic E-state index is 12.9. The zero-order valence-corrected chi connectivity index (χ0v) is 13.2. The second-order valence-electron chi connectivity index (χ2n) is 5.16. The molecule has 0 unspecified atom stereocenters. The summed E-state index contributed by atoms with van der Waals surface area (Å²) in [5.41, 5.74) is -0.308. The van der Waals surface area contributed by atoms with E-state index in [-0.39, 0.29) is 24.5 Å². The summed E-state index contributed by atoms with van der Waals surface area (Å²) in [5, 5.41) is 3.53. The number of ether oxygens (including phenoxy) is 1. The Bertz CT molecular complexity index is 967. The average Bonchev–Trinajstić information content (AvgIpc) is 3.05. The first-order chi connectivity index (χ1) is 12.0. The Labute approximate surface area is 140 Å². The Morgan fingerprint density at radius 1 is 1.28 bits per heavy atom. The molecule has 0 amide bonds. The molecule has 0 N–H and O–H groups in total. The highest BCUT2D eigenvalue weighted by atomic mass is 19.3. The van der Waals surface area contributed by atoms with Gasteiger partial charge in [-0.1, -0.05) is 30.3 Å². The number of benzene rings is 1. The van der Waals surface area contributed by atoms with Crippen LogP contribution in [0, 0.1) is 0 Å². The molecule has 0 saturated carbocycles. The van der Waals surface area contributed by atoms with Gasteiger partial charge in [0.15, 0.2) is 0 Å². The highest BCUT2D eigenvalue weighted by Gasteiger charge is 2.22. The summed E-state index contributed by atoms with van der Waals surface area (Å²) in [6.07, 6.45) is -1.68. The quantitative estimate of drug-likeness (QED) is 0.660. The van der Waals surface area contributed by atoms with E-state index in [4.69, 9.17) is 4.74 Å². The van der Waals surface area contributed by atoms with Crippen molar-refractivity contribution in [3.05, 3.63) is 63.8 Å². The summed E-state index contributed by atoms with van der Waals surface area (Å²) in [6, 6.07) is 9.11. The number of esters is 1. The number of alkyl halides is 2. The fourth-order valence-electron chi connectivity index (χ4n) is 2.36. The van der Waals surface area contributed by atoms with Crippen LogP contribution in [0.3, 0.4) is 0 Å². The highest BCUT2D eigenvalue weighted by molar-refractivity contribution is 5.88. The third-order valence-corrected chi connectivity index (χ3v) is 3.46. The van der Waals surface area contributed by atoms with Crippen molar-refractivity contribution < 1.29 is 18.3 Å². The maximum Gasteiger partial charge on any atom is 0.345 e. The van der Waals surface area contributed by atoms with Crippen molar-refractivity contribution in [2.45, 2.75) is 19.9 Å². The molecule has 1 aromatic carbocycles. The first kappa shape index (κ1) is 16.7. The number of aromatic nitrogens is 4. The van der Waals surface area contributed by atoms with Gasteiger partial charge >= 0.3 is 5.97 Å². The van der Waals surface area contributed by atoms with Crippen LogP contribution in [0.1, 0.15) is 35.1 Å². The van der Waals surface area contributed by atoms with Gasteiger partial charge in [0.05, 0.1) is 13.2 Å². The van der Waals surface area contributed by atoms with E-state index in [1.54, 1.807) is 6.92 Å². The largest absolute Gasteiger partial charge is 0.462 e. The molecule has 0 aliphatic carbocycles. The van der Waals surface area contributed by atoms with Crippen LogP contribution in [0.25, 0.3) is 5.78 Å². The van der Waals surface area contributed by atoms with Crippen LogP contribution in [0.4, 0.5) is 8.78 Å². The molecular formula is C16H14F2N4O3. The van der Waals surface area contributed by atoms with Gasteiger partial charge in [0.25, 0.3) is 12.0 Å². The minimum Gasteiger partial charge on any atom is -0.462 e. The average molecular weight is 348 g/mol. The molecular weight excluding hydrogens is 334 g/mol. The van der Waals surface area contributed by atoms with Crippen LogP contribution in [0.15, 0.2) is 41.3 Å². The number of hydrogen-bond donors (Lipinski definition) is 0. The number of carbonyl (C=O) groups is 1. The van der Waals surface area contributed by atoms with Gasteiger partial charge in [-0.05, 0) is 12.5 Å². The summed E-state index contributed by atoms with van der Waals surface area (Å²) in [5.74, 6) is -1.69. The Kier molecular flexibility index (Phi) is 4.55. The fourth-order valence-corrected chi connectivity index (χ4v) is 2.36. The van der Waals surface area contributed by atoms with Crippen LogP contribution in [0.2, 0.25) is 0 Å². The molecule has 0 saturated heterocycles. The number of nitrogens with zero attached hydrogens (tertiary/aromatic N) is 4. The predicted molar refractivity (Wildman–Crippen MR) is 83.7 cm³/mol. The van der Waals surface area contributed by atoms with Gasteiger partial charge in [0.2, 0.25) is 11.6 Å². The van der Waals surface area contributed by atoms with E-state index in [0.717, 1.165) is 5.56 Å². The molecule has 3 aromatic rings. The van der Waals surface area contributed by atoms with Gasteiger partial charge < -0.3 is 9.30 Å². The zero-order chi connectivity index (χ0) is 18.0. The van der Waals surface area contributed by atoms with Crippen LogP contribution in [-0.4, -0.2) is 31.7 Å². The van der Waals surface area contributed by atoms with Crippen molar-refractivity contribution in [2.75, 3.05) is 6.61 Å². The van der Waals surface area contributed by atoms with E-state index in [1.807, 2.05) is 30.3 Å². The number of hydrogen-bond acceptors (Lipinski definition) is 5. The fraction of sp³-hybridized carbons (Fsp3) is 0.250. The van der Waals surface area contributed by atoms with Crippen LogP contribution in [0.5, 0.6) is 0 Å². The van der Waals surface area contributed by atoms with Crippen molar-refractivity contribution in [1.82, 2.24) is 19.2 Å². The summed E-state index contributed by atoms with van der Waals surface area (Å²) >= 11 is 0. The van der Waals surface area contributed by atoms with E-state index in [9.17, 15) is 18.4 Å². The van der Waals surface area contributed by atoms with Crippen molar-refractivity contribution in [1.29, 1.82) is 0 Å². The second-order valence-corrected chi connectivity index (χ2v) is 5.16. The van der Waals surface area contributed by atoms with Crippen LogP contribution >= 0.6 is 0 Å². The molecule has 0 atom stereocenters. The Morgan fingerprint density at radius 2 is 2.00 bits per heavy atom. The van der Waals surface area contributed by atoms with Gasteiger partial charge in [-0.3, -0.25) is 4.79 Å². The van der Waals surface area contributed by atoms with Gasteiger partial charge in [0.1, 0.15) is 5.56 Å². The lowest BCUT2D eigenvalue weighted by Gasteiger charge is -2.10. The molecule has 9 heteroatoms. The molecule has 0 radical (unpaired) electrons. The second kappa shape index (κ2) is 6.80. The lowest BCUT2D eigenvalue weighted by molar-refractivity contribution is 0.0523. The summed E-state index contributed by atoms with van der Waals surface area (Å²) in [7, 11) is 0. The van der Waals surface area contributed by atoms with Crippen molar-refractivity contribution >= 4 is 11.7 Å². The molecule has 0 spiro atoms. The number of halogens is 2. The molecule has 0 aliphatic heterocycles. The van der Waals surface area contributed by atoms with E-state index in [0.29, 0.717) is 4.52 Å². The molecule has 2 aromatic heterocycles. The molecule has 2 heterocycles. The minimum atomic E-state index is -2.93. The van der Waals surface area contributed by atoms with Gasteiger partial charge in [0, 0.05) is 6.20 Å². The predicted octanol–water partition coefficient (Wildman–Crippen LogP) is 2.05. The SMILES string of the molecule is CCOC(=O)c1cn(Cc2ccccc2)c2nc(C(F)F)nn2c1=O. The van der Waals surface area contributed by atoms with Crippen LogP contribution in [-0.2, 0) is 11.3 Å². The van der Waals surface area contributed by atoms with Crippen LogP contribution < -0.4 is 5.56 Å². The topological polar surface area (TPSA) is 78.5 Å². The standard InChI is InChI=1S/C16H14F2N4O3/c1-2-25-15(24)11-9-21(8-10-6-4-3-5-7-10)16-19-13(12(17)18)20-22(16)14(11)23/h3-7,9,12H,2,8H2,1H3. The smallest absolute Gasteiger partial charge is 0.345 e. The Morgan fingerprint density at radius 3 is 2.64 bits per heavy atom. The zero-order valence-electron chi connectivity index (χ0n) is 13.2. The molecule has 0 bridgehead atoms. The molecule has 130 valence electrons. The van der Waals surface area contributed by atoms with Crippen molar-refractivity contribution in [3.63, 3.8) is 0 Å². The van der Waals surface area contributed by atoms with Gasteiger partial charge in [-0.2, -0.15) is 9.50 Å². The van der Waals surface area contributed by atoms with E-state index >= 15 is 0 Å². The number of fused-ring (bicyclic) bond motifs is 1.